The first kappa shape index (κ1) is 51.6. The van der Waals surface area contributed by atoms with Crippen molar-refractivity contribution in [1.29, 1.82) is 0 Å². The van der Waals surface area contributed by atoms with Crippen molar-refractivity contribution in [2.24, 2.45) is 5.92 Å². The molecule has 6 aromatic rings. The Morgan fingerprint density at radius 1 is 0.782 bits per heavy atom. The van der Waals surface area contributed by atoms with Crippen LogP contribution in [0.3, 0.4) is 0 Å². The molecule has 4 fully saturated rings. The fourth-order valence-corrected chi connectivity index (χ4v) is 12.2. The van der Waals surface area contributed by atoms with Gasteiger partial charge in [0.1, 0.15) is 42.1 Å². The van der Waals surface area contributed by atoms with Crippen molar-refractivity contribution in [3.63, 3.8) is 0 Å². The largest absolute Gasteiger partial charge is 0.491 e. The number of hydrogen-bond donors (Lipinski definition) is 2. The Labute approximate surface area is 450 Å². The molecule has 1 aliphatic carbocycles. The zero-order valence-electron chi connectivity index (χ0n) is 42.6. The van der Waals surface area contributed by atoms with Crippen LogP contribution in [0, 0.1) is 27.9 Å². The minimum Gasteiger partial charge on any atom is -0.491 e. The lowest BCUT2D eigenvalue weighted by Gasteiger charge is -2.46. The van der Waals surface area contributed by atoms with Gasteiger partial charge < -0.3 is 34.2 Å². The van der Waals surface area contributed by atoms with Crippen molar-refractivity contribution in [3.05, 3.63) is 189 Å². The Morgan fingerprint density at radius 2 is 1.46 bits per heavy atom. The zero-order valence-corrected chi connectivity index (χ0v) is 42.6. The molecule has 1 spiro atoms. The molecule has 78 heavy (non-hydrogen) atoms. The Kier molecular flexibility index (Phi) is 14.5. The maximum atomic E-state index is 16.9. The molecule has 0 bridgehead atoms. The van der Waals surface area contributed by atoms with Gasteiger partial charge in [0.05, 0.1) is 35.2 Å². The number of carbonyl (C=O) groups excluding carboxylic acids is 4. The molecule has 11 rings (SSSR count). The number of hydrogen-bond acceptors (Lipinski definition) is 15. The molecule has 6 atom stereocenters. The van der Waals surface area contributed by atoms with E-state index in [9.17, 15) is 20.3 Å². The molecule has 3 amide bonds. The van der Waals surface area contributed by atoms with E-state index in [1.807, 2.05) is 70.5 Å². The van der Waals surface area contributed by atoms with Crippen LogP contribution in [0.1, 0.15) is 90.1 Å². The van der Waals surface area contributed by atoms with Gasteiger partial charge in [-0.3, -0.25) is 29.4 Å². The molecule has 4 aliphatic heterocycles. The highest BCUT2D eigenvalue weighted by Crippen LogP contribution is 2.66. The number of cyclic esters (lactones) is 1. The predicted octanol–water partition coefficient (Wildman–Crippen LogP) is 7.54. The van der Waals surface area contributed by atoms with E-state index in [-0.39, 0.29) is 49.8 Å². The third-order valence-electron chi connectivity index (χ3n) is 15.7. The smallest absolute Gasteiger partial charge is 0.421 e. The summed E-state index contributed by atoms with van der Waals surface area (Å²) < 4.78 is 18.7. The predicted molar refractivity (Wildman–Crippen MR) is 285 cm³/mol. The van der Waals surface area contributed by atoms with Crippen LogP contribution in [0.15, 0.2) is 146 Å². The number of ether oxygens (including phenoxy) is 3. The van der Waals surface area contributed by atoms with Crippen molar-refractivity contribution in [2.45, 2.75) is 80.4 Å². The number of imide groups is 1. The zero-order chi connectivity index (χ0) is 54.0. The van der Waals surface area contributed by atoms with Crippen molar-refractivity contribution in [1.82, 2.24) is 19.8 Å². The second-order valence-electron chi connectivity index (χ2n) is 20.3. The van der Waals surface area contributed by atoms with Gasteiger partial charge in [-0.05, 0) is 102 Å². The van der Waals surface area contributed by atoms with Crippen LogP contribution in [-0.2, 0) is 35.9 Å². The van der Waals surface area contributed by atoms with Gasteiger partial charge >= 0.3 is 12.1 Å². The number of aliphatic hydroxyl groups is 2. The third kappa shape index (κ3) is 9.58. The monoisotopic (exact) mass is 1050 g/mol. The summed E-state index contributed by atoms with van der Waals surface area (Å²) in [5.41, 5.74) is -0.709. The lowest BCUT2D eigenvalue weighted by Crippen LogP contribution is -2.59. The van der Waals surface area contributed by atoms with Gasteiger partial charge in [0, 0.05) is 56.3 Å². The molecular weight excluding hydrogens is 995 g/mol. The highest BCUT2D eigenvalue weighted by Gasteiger charge is 2.76. The van der Waals surface area contributed by atoms with E-state index in [1.165, 1.54) is 24.3 Å². The van der Waals surface area contributed by atoms with Crippen LogP contribution >= 0.6 is 0 Å². The van der Waals surface area contributed by atoms with Gasteiger partial charge in [0.2, 0.25) is 17.8 Å². The molecule has 2 N–H and O–H groups in total. The summed E-state index contributed by atoms with van der Waals surface area (Å²) >= 11 is 0. The van der Waals surface area contributed by atoms with Gasteiger partial charge in [-0.1, -0.05) is 97.5 Å². The van der Waals surface area contributed by atoms with Crippen molar-refractivity contribution in [3.8, 4) is 17.6 Å². The summed E-state index contributed by atoms with van der Waals surface area (Å²) in [5, 5.41) is 33.3. The van der Waals surface area contributed by atoms with Crippen molar-refractivity contribution >= 4 is 41.2 Å². The number of benzene rings is 5. The van der Waals surface area contributed by atoms with E-state index in [0.29, 0.717) is 65.4 Å². The Hall–Kier alpha value is -8.50. The summed E-state index contributed by atoms with van der Waals surface area (Å²) in [6.45, 7) is 0.202. The molecular formula is C60H57N7O11. The van der Waals surface area contributed by atoms with Crippen molar-refractivity contribution < 1.29 is 48.5 Å². The third-order valence-corrected chi connectivity index (χ3v) is 15.7. The molecule has 0 radical (unpaired) electrons. The fourth-order valence-electron chi connectivity index (χ4n) is 12.2. The molecule has 5 heterocycles. The average Bonchev–Trinajstić information content (AvgIpc) is 2.73. The quantitative estimate of drug-likeness (QED) is 0.0421. The molecule has 3 saturated heterocycles. The molecule has 5 aliphatic rings. The highest BCUT2D eigenvalue weighted by atomic mass is 16.6. The Morgan fingerprint density at radius 3 is 2.14 bits per heavy atom. The number of non-ortho nitro benzene ring substituents is 1. The van der Waals surface area contributed by atoms with Crippen molar-refractivity contribution in [2.75, 3.05) is 49.2 Å². The molecule has 1 saturated carbocycles. The maximum absolute atomic E-state index is 16.9. The van der Waals surface area contributed by atoms with E-state index in [2.05, 4.69) is 21.8 Å². The summed E-state index contributed by atoms with van der Waals surface area (Å²) in [7, 11) is 0. The number of morpholine rings is 1. The first-order chi connectivity index (χ1) is 38.0. The Bertz CT molecular complexity index is 3270. The minimum atomic E-state index is -2.16. The SMILES string of the molecule is O=C1OC(c2ccccc2)C(c2ccccc2)N2C1C(C(=O)N1CCN(c3ncccn3)CC1)C1(C(=O)N(C(=O)OCc3ccc([N+](=O)[O-])cc3)c3ccc(C#CC4(O)CCCCCC4)cc31)C2c1cccc(OCCO)c1. The summed E-state index contributed by atoms with van der Waals surface area (Å²) in [4.78, 5) is 90.6. The van der Waals surface area contributed by atoms with E-state index in [1.54, 1.807) is 65.8 Å². The number of aliphatic hydroxyl groups excluding tert-OH is 1. The number of nitrogens with zero attached hydrogens (tertiary/aromatic N) is 7. The number of fused-ring (bicyclic) bond motifs is 3. The molecule has 18 heteroatoms. The number of piperazine rings is 1. The van der Waals surface area contributed by atoms with Gasteiger partial charge in [-0.25, -0.2) is 19.7 Å². The van der Waals surface area contributed by atoms with E-state index < -0.39 is 70.0 Å². The summed E-state index contributed by atoms with van der Waals surface area (Å²) in [6.07, 6.45) is 5.68. The van der Waals surface area contributed by atoms with Crippen LogP contribution in [0.5, 0.6) is 5.75 Å². The van der Waals surface area contributed by atoms with Gasteiger partial charge in [-0.15, -0.1) is 0 Å². The first-order valence-corrected chi connectivity index (χ1v) is 26.4. The van der Waals surface area contributed by atoms with Gasteiger partial charge in [0.15, 0.2) is 0 Å². The normalized spacial score (nSPS) is 23.6. The van der Waals surface area contributed by atoms with Crippen LogP contribution in [0.25, 0.3) is 0 Å². The van der Waals surface area contributed by atoms with Crippen LogP contribution < -0.4 is 14.5 Å². The highest BCUT2D eigenvalue weighted by molar-refractivity contribution is 6.23. The summed E-state index contributed by atoms with van der Waals surface area (Å²) in [5.74, 6) is 3.46. The number of carbonyl (C=O) groups is 4. The number of nitro groups is 1. The lowest BCUT2D eigenvalue weighted by molar-refractivity contribution is -0.384. The van der Waals surface area contributed by atoms with Gasteiger partial charge in [-0.2, -0.15) is 0 Å². The number of amides is 3. The van der Waals surface area contributed by atoms with Gasteiger partial charge in [0.25, 0.3) is 5.69 Å². The van der Waals surface area contributed by atoms with Crippen LogP contribution in [0.4, 0.5) is 22.1 Å². The molecule has 5 aromatic carbocycles. The van der Waals surface area contributed by atoms with E-state index in [4.69, 9.17) is 14.2 Å². The number of anilines is 2. The topological polar surface area (TPSA) is 218 Å². The minimum absolute atomic E-state index is 0.0632. The number of rotatable bonds is 11. The van der Waals surface area contributed by atoms with Crippen LogP contribution in [0.2, 0.25) is 0 Å². The standard InChI is InChI=1S/C60H57N7O11/c68-35-36-76-46-18-11-17-44(38-46)53-60(47-37-40(25-28-59(73)26-9-1-2-10-27-59)21-24-48(47)65(56(60)71)58(72)77-39-41-19-22-45(23-20-41)67(74)75)49(54(69)63-31-33-64(34-32-63)57-61-29-12-30-62-57)51-55(70)78-52(43-15-7-4-8-16-43)50(66(51)53)42-13-5-3-6-14-42/h3-8,11-24,29-30,37-38,49-53,68,73H,1-2,9-10,26-27,31-36,39H2. The lowest BCUT2D eigenvalue weighted by atomic mass is 9.64. The second-order valence-corrected chi connectivity index (χ2v) is 20.3. The second kappa shape index (κ2) is 21.9. The number of esters is 1. The number of aromatic nitrogens is 2. The molecule has 6 unspecified atom stereocenters. The Balaban J connectivity index is 1.15. The summed E-state index contributed by atoms with van der Waals surface area (Å²) in [6, 6.07) is 34.3. The van der Waals surface area contributed by atoms with E-state index >= 15 is 19.2 Å². The molecule has 18 nitrogen and oxygen atoms in total. The fraction of sp³-hybridized carbons (Fsp3) is 0.333. The maximum Gasteiger partial charge on any atom is 0.421 e. The van der Waals surface area contributed by atoms with E-state index in [0.717, 1.165) is 30.6 Å². The molecule has 1 aromatic heterocycles. The first-order valence-electron chi connectivity index (χ1n) is 26.4. The number of nitro benzene ring substituents is 1. The molecule has 398 valence electrons. The average molecular weight is 1050 g/mol. The van der Waals surface area contributed by atoms with Crippen LogP contribution in [-0.4, -0.2) is 110 Å².